The number of guanidine groups is 1. The Morgan fingerprint density at radius 1 is 1.71 bits per heavy atom. The topological polar surface area (TPSA) is 53.6 Å². The van der Waals surface area contributed by atoms with Crippen molar-refractivity contribution in [2.75, 3.05) is 13.1 Å². The Morgan fingerprint density at radius 2 is 2.53 bits per heavy atom. The summed E-state index contributed by atoms with van der Waals surface area (Å²) in [6.07, 6.45) is 2.13. The van der Waals surface area contributed by atoms with E-state index in [4.69, 9.17) is 5.84 Å². The second-order valence-electron chi connectivity index (χ2n) is 4.27. The van der Waals surface area contributed by atoms with E-state index in [0.29, 0.717) is 6.04 Å². The second-order valence-corrected chi connectivity index (χ2v) is 5.27. The molecule has 0 fully saturated rings. The first-order chi connectivity index (χ1) is 8.27. The summed E-state index contributed by atoms with van der Waals surface area (Å²) in [6.45, 7) is 6.14. The molecule has 5 heteroatoms. The molecule has 4 nitrogen and oxygen atoms in total. The first-order valence-corrected chi connectivity index (χ1v) is 6.99. The predicted octanol–water partition coefficient (Wildman–Crippen LogP) is 1.90. The SMILES string of the molecule is CCCN=C(NN)N1CCc2sccc2C1C. The van der Waals surface area contributed by atoms with Crippen molar-refractivity contribution in [2.24, 2.45) is 10.8 Å². The molecule has 1 unspecified atom stereocenters. The minimum atomic E-state index is 0.358. The molecule has 3 N–H and O–H groups in total. The van der Waals surface area contributed by atoms with Crippen LogP contribution in [0, 0.1) is 0 Å². The van der Waals surface area contributed by atoms with Crippen LogP contribution in [0.3, 0.4) is 0 Å². The molecule has 0 aliphatic carbocycles. The van der Waals surface area contributed by atoms with E-state index < -0.39 is 0 Å². The highest BCUT2D eigenvalue weighted by atomic mass is 32.1. The fraction of sp³-hybridized carbons (Fsp3) is 0.583. The van der Waals surface area contributed by atoms with Gasteiger partial charge in [-0.3, -0.25) is 10.4 Å². The average molecular weight is 252 g/mol. The molecule has 2 rings (SSSR count). The van der Waals surface area contributed by atoms with Crippen LogP contribution in [0.2, 0.25) is 0 Å². The summed E-state index contributed by atoms with van der Waals surface area (Å²) in [5.41, 5.74) is 4.16. The molecule has 1 atom stereocenters. The van der Waals surface area contributed by atoms with E-state index in [2.05, 4.69) is 40.6 Å². The lowest BCUT2D eigenvalue weighted by molar-refractivity contribution is 0.310. The summed E-state index contributed by atoms with van der Waals surface area (Å²) in [7, 11) is 0. The zero-order valence-corrected chi connectivity index (χ0v) is 11.3. The first-order valence-electron chi connectivity index (χ1n) is 6.12. The fourth-order valence-electron chi connectivity index (χ4n) is 2.24. The Labute approximate surface area is 107 Å². The van der Waals surface area contributed by atoms with Crippen LogP contribution < -0.4 is 11.3 Å². The van der Waals surface area contributed by atoms with E-state index in [0.717, 1.165) is 31.9 Å². The van der Waals surface area contributed by atoms with Gasteiger partial charge in [0.15, 0.2) is 0 Å². The first kappa shape index (κ1) is 12.4. The predicted molar refractivity (Wildman–Crippen MR) is 73.1 cm³/mol. The van der Waals surface area contributed by atoms with Crippen LogP contribution in [0.15, 0.2) is 16.4 Å². The van der Waals surface area contributed by atoms with Gasteiger partial charge >= 0.3 is 0 Å². The zero-order valence-electron chi connectivity index (χ0n) is 10.4. The van der Waals surface area contributed by atoms with Crippen LogP contribution in [-0.4, -0.2) is 23.9 Å². The minimum Gasteiger partial charge on any atom is -0.335 e. The van der Waals surface area contributed by atoms with Crippen LogP contribution in [0.1, 0.15) is 36.8 Å². The van der Waals surface area contributed by atoms with E-state index in [1.54, 1.807) is 0 Å². The zero-order chi connectivity index (χ0) is 12.3. The molecule has 17 heavy (non-hydrogen) atoms. The van der Waals surface area contributed by atoms with Crippen molar-refractivity contribution in [1.82, 2.24) is 10.3 Å². The van der Waals surface area contributed by atoms with E-state index >= 15 is 0 Å². The lowest BCUT2D eigenvalue weighted by Gasteiger charge is -2.35. The highest BCUT2D eigenvalue weighted by Crippen LogP contribution is 2.32. The fourth-order valence-corrected chi connectivity index (χ4v) is 3.20. The second kappa shape index (κ2) is 5.51. The molecule has 1 aliphatic rings. The molecule has 1 aliphatic heterocycles. The van der Waals surface area contributed by atoms with Crippen molar-refractivity contribution in [1.29, 1.82) is 0 Å². The van der Waals surface area contributed by atoms with Crippen LogP contribution in [0.5, 0.6) is 0 Å². The van der Waals surface area contributed by atoms with Gasteiger partial charge in [-0.05, 0) is 36.8 Å². The van der Waals surface area contributed by atoms with Crippen molar-refractivity contribution in [3.8, 4) is 0 Å². The number of fused-ring (bicyclic) bond motifs is 1. The Hall–Kier alpha value is -1.07. The normalized spacial score (nSPS) is 20.3. The maximum Gasteiger partial charge on any atom is 0.208 e. The van der Waals surface area contributed by atoms with Crippen molar-refractivity contribution in [3.05, 3.63) is 21.9 Å². The van der Waals surface area contributed by atoms with Gasteiger partial charge in [-0.25, -0.2) is 5.84 Å². The quantitative estimate of drug-likeness (QED) is 0.366. The highest BCUT2D eigenvalue weighted by Gasteiger charge is 2.26. The van der Waals surface area contributed by atoms with Gasteiger partial charge in [0, 0.05) is 18.0 Å². The summed E-state index contributed by atoms with van der Waals surface area (Å²) in [5, 5.41) is 2.17. The lowest BCUT2D eigenvalue weighted by atomic mass is 10.0. The largest absolute Gasteiger partial charge is 0.335 e. The number of hydrazine groups is 1. The number of hydrogen-bond acceptors (Lipinski definition) is 3. The van der Waals surface area contributed by atoms with Crippen molar-refractivity contribution in [2.45, 2.75) is 32.7 Å². The van der Waals surface area contributed by atoms with Gasteiger partial charge in [0.25, 0.3) is 0 Å². The minimum absolute atomic E-state index is 0.358. The molecular weight excluding hydrogens is 232 g/mol. The summed E-state index contributed by atoms with van der Waals surface area (Å²) < 4.78 is 0. The number of aliphatic imine (C=N–C) groups is 1. The molecule has 0 spiro atoms. The van der Waals surface area contributed by atoms with Crippen LogP contribution in [0.4, 0.5) is 0 Å². The molecule has 2 heterocycles. The van der Waals surface area contributed by atoms with Gasteiger partial charge in [-0.15, -0.1) is 11.3 Å². The molecule has 0 saturated heterocycles. The lowest BCUT2D eigenvalue weighted by Crippen LogP contribution is -2.48. The van der Waals surface area contributed by atoms with Crippen LogP contribution in [0.25, 0.3) is 0 Å². The summed E-state index contributed by atoms with van der Waals surface area (Å²) >= 11 is 1.85. The van der Waals surface area contributed by atoms with Gasteiger partial charge in [-0.1, -0.05) is 6.92 Å². The molecule has 0 aromatic carbocycles. The van der Waals surface area contributed by atoms with Gasteiger partial charge in [0.1, 0.15) is 0 Å². The number of nitrogens with one attached hydrogen (secondary N) is 1. The number of rotatable bonds is 2. The summed E-state index contributed by atoms with van der Waals surface area (Å²) in [5.74, 6) is 6.40. The average Bonchev–Trinajstić information content (AvgIpc) is 2.81. The third-order valence-corrected chi connectivity index (χ3v) is 4.16. The number of hydrogen-bond donors (Lipinski definition) is 2. The summed E-state index contributed by atoms with van der Waals surface area (Å²) in [6, 6.07) is 2.57. The molecule has 1 aromatic rings. The van der Waals surface area contributed by atoms with Gasteiger partial charge in [-0.2, -0.15) is 0 Å². The van der Waals surface area contributed by atoms with Crippen molar-refractivity contribution in [3.63, 3.8) is 0 Å². The molecule has 0 radical (unpaired) electrons. The third-order valence-electron chi connectivity index (χ3n) is 3.16. The molecule has 94 valence electrons. The van der Waals surface area contributed by atoms with Gasteiger partial charge < -0.3 is 4.90 Å². The summed E-state index contributed by atoms with van der Waals surface area (Å²) in [4.78, 5) is 8.26. The molecule has 1 aromatic heterocycles. The monoisotopic (exact) mass is 252 g/mol. The molecule has 0 bridgehead atoms. The van der Waals surface area contributed by atoms with Gasteiger partial charge in [0.05, 0.1) is 6.04 Å². The molecule has 0 saturated carbocycles. The van der Waals surface area contributed by atoms with Crippen molar-refractivity contribution < 1.29 is 0 Å². The van der Waals surface area contributed by atoms with E-state index in [1.807, 2.05) is 11.3 Å². The number of nitrogens with two attached hydrogens (primary N) is 1. The Balaban J connectivity index is 2.18. The van der Waals surface area contributed by atoms with E-state index in [9.17, 15) is 0 Å². The van der Waals surface area contributed by atoms with E-state index in [1.165, 1.54) is 10.4 Å². The smallest absolute Gasteiger partial charge is 0.208 e. The van der Waals surface area contributed by atoms with Crippen LogP contribution >= 0.6 is 11.3 Å². The maximum atomic E-state index is 5.58. The van der Waals surface area contributed by atoms with E-state index in [-0.39, 0.29) is 0 Å². The number of thiophene rings is 1. The number of nitrogens with zero attached hydrogens (tertiary/aromatic N) is 2. The van der Waals surface area contributed by atoms with Crippen molar-refractivity contribution >= 4 is 17.3 Å². The Bertz CT molecular complexity index is 399. The third kappa shape index (κ3) is 2.45. The standard InChI is InChI=1S/C12H20N4S/c1-3-6-14-12(15-13)16-7-4-11-10(9(16)2)5-8-17-11/h5,8-9H,3-4,6-7,13H2,1-2H3,(H,14,15). The molecular formula is C12H20N4S. The Kier molecular flexibility index (Phi) is 4.02. The Morgan fingerprint density at radius 3 is 3.24 bits per heavy atom. The highest BCUT2D eigenvalue weighted by molar-refractivity contribution is 7.10. The molecule has 0 amide bonds. The maximum absolute atomic E-state index is 5.58. The van der Waals surface area contributed by atoms with Gasteiger partial charge in [0.2, 0.25) is 5.96 Å². The van der Waals surface area contributed by atoms with Crippen LogP contribution in [-0.2, 0) is 6.42 Å².